The average molecular weight is 357 g/mol. The van der Waals surface area contributed by atoms with Crippen LogP contribution in [0.15, 0.2) is 45.8 Å². The van der Waals surface area contributed by atoms with E-state index in [0.29, 0.717) is 15.7 Å². The van der Waals surface area contributed by atoms with Gasteiger partial charge in [-0.1, -0.05) is 6.07 Å². The molecule has 0 heterocycles. The predicted octanol–water partition coefficient (Wildman–Crippen LogP) is 2.85. The molecule has 0 unspecified atom stereocenters. The van der Waals surface area contributed by atoms with Crippen molar-refractivity contribution in [2.75, 3.05) is 10.5 Å². The fourth-order valence-electron chi connectivity index (χ4n) is 1.58. The summed E-state index contributed by atoms with van der Waals surface area (Å²) in [5, 5.41) is 9.59. The maximum atomic E-state index is 12.2. The predicted molar refractivity (Wildman–Crippen MR) is 82.2 cm³/mol. The molecule has 0 fully saturated rings. The van der Waals surface area contributed by atoms with Crippen LogP contribution in [0.1, 0.15) is 5.56 Å². The zero-order chi connectivity index (χ0) is 14.9. The Labute approximate surface area is 125 Å². The highest BCUT2D eigenvalue weighted by Gasteiger charge is 2.15. The lowest BCUT2D eigenvalue weighted by molar-refractivity contribution is 0.471. The molecular weight excluding hydrogens is 344 g/mol. The highest BCUT2D eigenvalue weighted by Crippen LogP contribution is 2.26. The summed E-state index contributed by atoms with van der Waals surface area (Å²) in [5.41, 5.74) is 6.96. The number of halogens is 1. The fraction of sp³-hybridized carbons (Fsp3) is 0.0769. The smallest absolute Gasteiger partial charge is 0.261 e. The first-order valence-corrected chi connectivity index (χ1v) is 7.95. The zero-order valence-corrected chi connectivity index (χ0v) is 13.0. The van der Waals surface area contributed by atoms with Gasteiger partial charge >= 0.3 is 0 Å². The molecule has 20 heavy (non-hydrogen) atoms. The number of rotatable bonds is 3. The van der Waals surface area contributed by atoms with Crippen molar-refractivity contribution < 1.29 is 13.5 Å². The van der Waals surface area contributed by atoms with E-state index in [1.165, 1.54) is 18.2 Å². The molecule has 2 aromatic carbocycles. The molecule has 2 rings (SSSR count). The number of anilines is 2. The number of hydrogen-bond acceptors (Lipinski definition) is 4. The molecule has 0 aliphatic carbocycles. The van der Waals surface area contributed by atoms with Crippen molar-refractivity contribution in [3.05, 3.63) is 46.4 Å². The molecule has 0 aliphatic rings. The minimum atomic E-state index is -3.74. The summed E-state index contributed by atoms with van der Waals surface area (Å²) in [4.78, 5) is 0.0539. The lowest BCUT2D eigenvalue weighted by atomic mass is 10.2. The number of aryl methyl sites for hydroxylation is 1. The SMILES string of the molecule is Cc1ccc(NS(=O)(=O)c2ccc(Br)c(N)c2)cc1O. The molecule has 0 aromatic heterocycles. The highest BCUT2D eigenvalue weighted by atomic mass is 79.9. The standard InChI is InChI=1S/C13H13BrN2O3S/c1-8-2-3-9(6-13(8)17)16-20(18,19)10-4-5-11(14)12(15)7-10/h2-7,16-17H,15H2,1H3. The van der Waals surface area contributed by atoms with E-state index in [1.807, 2.05) is 0 Å². The van der Waals surface area contributed by atoms with E-state index in [0.717, 1.165) is 0 Å². The normalized spacial score (nSPS) is 11.3. The summed E-state index contributed by atoms with van der Waals surface area (Å²) in [6.07, 6.45) is 0. The van der Waals surface area contributed by atoms with Gasteiger partial charge in [0, 0.05) is 16.2 Å². The van der Waals surface area contributed by atoms with Crippen LogP contribution in [0.2, 0.25) is 0 Å². The minimum Gasteiger partial charge on any atom is -0.508 e. The van der Waals surface area contributed by atoms with Crippen molar-refractivity contribution in [2.45, 2.75) is 11.8 Å². The van der Waals surface area contributed by atoms with E-state index in [1.54, 1.807) is 25.1 Å². The van der Waals surface area contributed by atoms with Gasteiger partial charge in [-0.05, 0) is 52.7 Å². The number of aromatic hydroxyl groups is 1. The fourth-order valence-corrected chi connectivity index (χ4v) is 2.91. The Morgan fingerprint density at radius 2 is 1.90 bits per heavy atom. The van der Waals surface area contributed by atoms with Crippen molar-refractivity contribution in [2.24, 2.45) is 0 Å². The van der Waals surface area contributed by atoms with Crippen molar-refractivity contribution in [1.82, 2.24) is 0 Å². The Morgan fingerprint density at radius 3 is 2.50 bits per heavy atom. The molecule has 106 valence electrons. The molecule has 0 spiro atoms. The van der Waals surface area contributed by atoms with Crippen molar-refractivity contribution in [3.8, 4) is 5.75 Å². The maximum Gasteiger partial charge on any atom is 0.261 e. The Morgan fingerprint density at radius 1 is 1.20 bits per heavy atom. The second-order valence-corrected chi connectivity index (χ2v) is 6.83. The van der Waals surface area contributed by atoms with E-state index >= 15 is 0 Å². The van der Waals surface area contributed by atoms with Gasteiger partial charge in [-0.25, -0.2) is 8.42 Å². The zero-order valence-electron chi connectivity index (χ0n) is 10.6. The van der Waals surface area contributed by atoms with Gasteiger partial charge in [0.1, 0.15) is 5.75 Å². The van der Waals surface area contributed by atoms with Crippen molar-refractivity contribution in [1.29, 1.82) is 0 Å². The highest BCUT2D eigenvalue weighted by molar-refractivity contribution is 9.10. The van der Waals surface area contributed by atoms with Gasteiger partial charge in [-0.2, -0.15) is 0 Å². The largest absolute Gasteiger partial charge is 0.508 e. The minimum absolute atomic E-state index is 0.0283. The molecule has 0 bridgehead atoms. The maximum absolute atomic E-state index is 12.2. The molecule has 7 heteroatoms. The van der Waals surface area contributed by atoms with Gasteiger partial charge < -0.3 is 10.8 Å². The Balaban J connectivity index is 2.35. The summed E-state index contributed by atoms with van der Waals surface area (Å²) in [7, 11) is -3.74. The second kappa shape index (κ2) is 5.34. The number of sulfonamides is 1. The van der Waals surface area contributed by atoms with Gasteiger partial charge in [-0.15, -0.1) is 0 Å². The van der Waals surface area contributed by atoms with Crippen molar-refractivity contribution >= 4 is 37.3 Å². The third kappa shape index (κ3) is 3.05. The molecule has 4 N–H and O–H groups in total. The molecule has 0 radical (unpaired) electrons. The number of phenols is 1. The van der Waals surface area contributed by atoms with Crippen LogP contribution in [0.3, 0.4) is 0 Å². The van der Waals surface area contributed by atoms with Crippen LogP contribution in [-0.2, 0) is 10.0 Å². The van der Waals surface area contributed by atoms with Crippen LogP contribution in [-0.4, -0.2) is 13.5 Å². The first-order chi connectivity index (χ1) is 9.29. The number of nitrogens with two attached hydrogens (primary N) is 1. The molecule has 2 aromatic rings. The lowest BCUT2D eigenvalue weighted by Crippen LogP contribution is -2.13. The molecule has 5 nitrogen and oxygen atoms in total. The second-order valence-electron chi connectivity index (χ2n) is 4.29. The third-order valence-electron chi connectivity index (χ3n) is 2.74. The molecule has 0 aliphatic heterocycles. The number of nitrogens with one attached hydrogen (secondary N) is 1. The summed E-state index contributed by atoms with van der Waals surface area (Å²) >= 11 is 3.21. The Hall–Kier alpha value is -1.73. The van der Waals surface area contributed by atoms with Crippen LogP contribution in [0.5, 0.6) is 5.75 Å². The van der Waals surface area contributed by atoms with Crippen LogP contribution < -0.4 is 10.5 Å². The monoisotopic (exact) mass is 356 g/mol. The number of nitrogen functional groups attached to an aromatic ring is 1. The van der Waals surface area contributed by atoms with Crippen LogP contribution >= 0.6 is 15.9 Å². The summed E-state index contributed by atoms with van der Waals surface area (Å²) in [6.45, 7) is 1.73. The molecular formula is C13H13BrN2O3S. The number of phenolic OH excluding ortho intramolecular Hbond substituents is 1. The molecule has 0 saturated heterocycles. The van der Waals surface area contributed by atoms with E-state index in [9.17, 15) is 13.5 Å². The van der Waals surface area contributed by atoms with Crippen LogP contribution in [0.25, 0.3) is 0 Å². The average Bonchev–Trinajstić information content (AvgIpc) is 2.37. The van der Waals surface area contributed by atoms with Gasteiger partial charge in [0.15, 0.2) is 0 Å². The molecule has 0 atom stereocenters. The van der Waals surface area contributed by atoms with E-state index in [4.69, 9.17) is 5.73 Å². The molecule has 0 amide bonds. The van der Waals surface area contributed by atoms with Gasteiger partial charge in [0.25, 0.3) is 10.0 Å². The van der Waals surface area contributed by atoms with E-state index in [-0.39, 0.29) is 16.3 Å². The molecule has 0 saturated carbocycles. The summed E-state index contributed by atoms with van der Waals surface area (Å²) in [6, 6.07) is 8.93. The van der Waals surface area contributed by atoms with Gasteiger partial charge in [0.2, 0.25) is 0 Å². The topological polar surface area (TPSA) is 92.4 Å². The quantitative estimate of drug-likeness (QED) is 0.737. The Bertz CT molecular complexity index is 760. The lowest BCUT2D eigenvalue weighted by Gasteiger charge is -2.10. The van der Waals surface area contributed by atoms with Gasteiger partial charge in [0.05, 0.1) is 10.6 Å². The summed E-state index contributed by atoms with van der Waals surface area (Å²) < 4.78 is 27.4. The van der Waals surface area contributed by atoms with Crippen LogP contribution in [0, 0.1) is 6.92 Å². The van der Waals surface area contributed by atoms with Gasteiger partial charge in [-0.3, -0.25) is 4.72 Å². The number of hydrogen-bond donors (Lipinski definition) is 3. The first kappa shape index (κ1) is 14.7. The van der Waals surface area contributed by atoms with Crippen LogP contribution in [0.4, 0.5) is 11.4 Å². The van der Waals surface area contributed by atoms with Crippen molar-refractivity contribution in [3.63, 3.8) is 0 Å². The third-order valence-corrected chi connectivity index (χ3v) is 4.84. The first-order valence-electron chi connectivity index (χ1n) is 5.67. The number of benzene rings is 2. The Kier molecular flexibility index (Phi) is 3.92. The van der Waals surface area contributed by atoms with E-state index in [2.05, 4.69) is 20.7 Å². The summed E-state index contributed by atoms with van der Waals surface area (Å²) in [5.74, 6) is 0.0283. The van der Waals surface area contributed by atoms with E-state index < -0.39 is 10.0 Å².